The van der Waals surface area contributed by atoms with Crippen LogP contribution < -0.4 is 0 Å². The van der Waals surface area contributed by atoms with Gasteiger partial charge >= 0.3 is 5.97 Å². The molecule has 0 unspecified atom stereocenters. The Balaban J connectivity index is 2.70. The van der Waals surface area contributed by atoms with Crippen LogP contribution in [0.4, 0.5) is 0 Å². The molecule has 1 aromatic carbocycles. The van der Waals surface area contributed by atoms with E-state index < -0.39 is 5.97 Å². The molecule has 0 amide bonds. The molecule has 0 bridgehead atoms. The molecule has 3 heteroatoms. The van der Waals surface area contributed by atoms with E-state index in [0.717, 1.165) is 28.5 Å². The van der Waals surface area contributed by atoms with Gasteiger partial charge in [0.2, 0.25) is 0 Å². The number of rotatable bonds is 3. The second-order valence-corrected chi connectivity index (χ2v) is 5.96. The lowest BCUT2D eigenvalue weighted by atomic mass is 9.84. The van der Waals surface area contributed by atoms with Crippen LogP contribution in [0.1, 0.15) is 44.4 Å². The Labute approximate surface area is 113 Å². The number of aliphatic carboxylic acids is 1. The van der Waals surface area contributed by atoms with Crippen LogP contribution in [-0.4, -0.2) is 11.1 Å². The number of furan rings is 1. The molecule has 0 aliphatic rings. The third-order valence-corrected chi connectivity index (χ3v) is 3.37. The van der Waals surface area contributed by atoms with Crippen LogP contribution in [0.5, 0.6) is 0 Å². The molecule has 0 spiro atoms. The third kappa shape index (κ3) is 2.65. The van der Waals surface area contributed by atoms with Gasteiger partial charge in [0, 0.05) is 16.5 Å². The van der Waals surface area contributed by atoms with Crippen LogP contribution in [0.2, 0.25) is 0 Å². The summed E-state index contributed by atoms with van der Waals surface area (Å²) in [6, 6.07) is 4.21. The van der Waals surface area contributed by atoms with Crippen LogP contribution in [0.3, 0.4) is 0 Å². The second kappa shape index (κ2) is 4.72. The predicted octanol–water partition coefficient (Wildman–Crippen LogP) is 3.92. The van der Waals surface area contributed by atoms with Gasteiger partial charge in [-0.3, -0.25) is 4.79 Å². The zero-order chi connectivity index (χ0) is 14.2. The minimum absolute atomic E-state index is 0.00372. The van der Waals surface area contributed by atoms with E-state index in [1.54, 1.807) is 6.26 Å². The first-order valence-electron chi connectivity index (χ1n) is 6.58. The molecular formula is C16H20O3. The molecule has 0 saturated heterocycles. The number of hydrogen-bond acceptors (Lipinski definition) is 2. The summed E-state index contributed by atoms with van der Waals surface area (Å²) in [5.74, 6) is -0.832. The van der Waals surface area contributed by atoms with Crippen molar-refractivity contribution in [3.63, 3.8) is 0 Å². The number of carboxylic acids is 1. The predicted molar refractivity (Wildman–Crippen MR) is 75.6 cm³/mol. The van der Waals surface area contributed by atoms with Crippen molar-refractivity contribution < 1.29 is 14.3 Å². The van der Waals surface area contributed by atoms with Crippen molar-refractivity contribution in [2.75, 3.05) is 0 Å². The Morgan fingerprint density at radius 3 is 2.53 bits per heavy atom. The van der Waals surface area contributed by atoms with Gasteiger partial charge in [0.05, 0.1) is 12.7 Å². The highest BCUT2D eigenvalue weighted by atomic mass is 16.4. The van der Waals surface area contributed by atoms with Crippen molar-refractivity contribution in [3.05, 3.63) is 35.1 Å². The highest BCUT2D eigenvalue weighted by molar-refractivity contribution is 5.88. The molecule has 0 aliphatic heterocycles. The Bertz CT molecular complexity index is 615. The SMILES string of the molecule is CCc1cc(C(C)(C)C)c2occ(CC(=O)O)c2c1. The summed E-state index contributed by atoms with van der Waals surface area (Å²) in [4.78, 5) is 10.9. The minimum Gasteiger partial charge on any atom is -0.481 e. The molecular weight excluding hydrogens is 240 g/mol. The molecule has 1 heterocycles. The first-order valence-corrected chi connectivity index (χ1v) is 6.58. The fourth-order valence-electron chi connectivity index (χ4n) is 2.31. The van der Waals surface area contributed by atoms with E-state index in [4.69, 9.17) is 9.52 Å². The summed E-state index contributed by atoms with van der Waals surface area (Å²) < 4.78 is 5.64. The lowest BCUT2D eigenvalue weighted by molar-refractivity contribution is -0.136. The van der Waals surface area contributed by atoms with E-state index in [0.29, 0.717) is 0 Å². The minimum atomic E-state index is -0.832. The molecule has 1 aromatic heterocycles. The van der Waals surface area contributed by atoms with Crippen molar-refractivity contribution in [1.29, 1.82) is 0 Å². The quantitative estimate of drug-likeness (QED) is 0.910. The average Bonchev–Trinajstić information content (AvgIpc) is 2.69. The fourth-order valence-corrected chi connectivity index (χ4v) is 2.31. The van der Waals surface area contributed by atoms with E-state index in [1.165, 1.54) is 5.56 Å². The highest BCUT2D eigenvalue weighted by Crippen LogP contribution is 2.34. The van der Waals surface area contributed by atoms with Crippen molar-refractivity contribution in [2.24, 2.45) is 0 Å². The monoisotopic (exact) mass is 260 g/mol. The maximum absolute atomic E-state index is 10.9. The molecule has 19 heavy (non-hydrogen) atoms. The Kier molecular flexibility index (Phi) is 3.40. The zero-order valence-electron chi connectivity index (χ0n) is 11.9. The summed E-state index contributed by atoms with van der Waals surface area (Å²) >= 11 is 0. The van der Waals surface area contributed by atoms with Crippen LogP contribution in [0.25, 0.3) is 11.0 Å². The van der Waals surface area contributed by atoms with Crippen molar-refractivity contribution >= 4 is 16.9 Å². The molecule has 0 fully saturated rings. The van der Waals surface area contributed by atoms with Crippen molar-refractivity contribution in [3.8, 4) is 0 Å². The normalized spacial score (nSPS) is 12.0. The van der Waals surface area contributed by atoms with Gasteiger partial charge < -0.3 is 9.52 Å². The Morgan fingerprint density at radius 2 is 2.00 bits per heavy atom. The molecule has 102 valence electrons. The van der Waals surface area contributed by atoms with E-state index in [9.17, 15) is 4.79 Å². The van der Waals surface area contributed by atoms with Gasteiger partial charge in [-0.1, -0.05) is 33.8 Å². The van der Waals surface area contributed by atoms with Crippen molar-refractivity contribution in [2.45, 2.75) is 46.0 Å². The number of carboxylic acid groups (broad SMARTS) is 1. The number of carbonyl (C=O) groups is 1. The van der Waals surface area contributed by atoms with Gasteiger partial charge in [-0.15, -0.1) is 0 Å². The summed E-state index contributed by atoms with van der Waals surface area (Å²) in [6.07, 6.45) is 2.51. The molecule has 3 nitrogen and oxygen atoms in total. The molecule has 2 aromatic rings. The number of aryl methyl sites for hydroxylation is 1. The molecule has 1 N–H and O–H groups in total. The maximum atomic E-state index is 10.9. The van der Waals surface area contributed by atoms with Crippen LogP contribution in [0.15, 0.2) is 22.8 Å². The molecule has 0 saturated carbocycles. The van der Waals surface area contributed by atoms with Crippen LogP contribution in [0, 0.1) is 0 Å². The first-order chi connectivity index (χ1) is 8.82. The van der Waals surface area contributed by atoms with Crippen LogP contribution in [-0.2, 0) is 23.1 Å². The number of benzene rings is 1. The maximum Gasteiger partial charge on any atom is 0.307 e. The fraction of sp³-hybridized carbons (Fsp3) is 0.438. The summed E-state index contributed by atoms with van der Waals surface area (Å²) in [6.45, 7) is 8.52. The third-order valence-electron chi connectivity index (χ3n) is 3.37. The van der Waals surface area contributed by atoms with E-state index in [1.807, 2.05) is 6.07 Å². The molecule has 0 atom stereocenters. The van der Waals surface area contributed by atoms with Gasteiger partial charge in [-0.25, -0.2) is 0 Å². The number of fused-ring (bicyclic) bond motifs is 1. The number of hydrogen-bond donors (Lipinski definition) is 1. The lowest BCUT2D eigenvalue weighted by Crippen LogP contribution is -2.12. The molecule has 0 aliphatic carbocycles. The lowest BCUT2D eigenvalue weighted by Gasteiger charge is -2.20. The largest absolute Gasteiger partial charge is 0.481 e. The molecule has 0 radical (unpaired) electrons. The average molecular weight is 260 g/mol. The van der Waals surface area contributed by atoms with E-state index in [2.05, 4.69) is 33.8 Å². The van der Waals surface area contributed by atoms with Gasteiger partial charge in [0.1, 0.15) is 5.58 Å². The molecule has 2 rings (SSSR count). The van der Waals surface area contributed by atoms with Gasteiger partial charge in [-0.05, 0) is 23.5 Å². The van der Waals surface area contributed by atoms with Crippen molar-refractivity contribution in [1.82, 2.24) is 0 Å². The topological polar surface area (TPSA) is 50.4 Å². The summed E-state index contributed by atoms with van der Waals surface area (Å²) in [7, 11) is 0. The second-order valence-electron chi connectivity index (χ2n) is 5.96. The standard InChI is InChI=1S/C16H20O3/c1-5-10-6-12-11(8-14(17)18)9-19-15(12)13(7-10)16(2,3)4/h6-7,9H,5,8H2,1-4H3,(H,17,18). The van der Waals surface area contributed by atoms with Gasteiger partial charge in [0.15, 0.2) is 0 Å². The summed E-state index contributed by atoms with van der Waals surface area (Å²) in [5, 5.41) is 9.90. The summed E-state index contributed by atoms with van der Waals surface area (Å²) in [5.41, 5.74) is 3.90. The zero-order valence-corrected chi connectivity index (χ0v) is 11.9. The Morgan fingerprint density at radius 1 is 1.32 bits per heavy atom. The van der Waals surface area contributed by atoms with Gasteiger partial charge in [0.25, 0.3) is 0 Å². The Hall–Kier alpha value is -1.77. The highest BCUT2D eigenvalue weighted by Gasteiger charge is 2.22. The van der Waals surface area contributed by atoms with E-state index >= 15 is 0 Å². The smallest absolute Gasteiger partial charge is 0.307 e. The van der Waals surface area contributed by atoms with E-state index in [-0.39, 0.29) is 11.8 Å². The first kappa shape index (κ1) is 13.7. The van der Waals surface area contributed by atoms with Gasteiger partial charge in [-0.2, -0.15) is 0 Å². The van der Waals surface area contributed by atoms with Crippen LogP contribution >= 0.6 is 0 Å².